The molecule has 0 spiro atoms. The van der Waals surface area contributed by atoms with Crippen LogP contribution in [0.3, 0.4) is 0 Å². The predicted octanol–water partition coefficient (Wildman–Crippen LogP) is 1.56. The quantitative estimate of drug-likeness (QED) is 0.847. The van der Waals surface area contributed by atoms with Gasteiger partial charge in [-0.25, -0.2) is 13.8 Å². The molecule has 0 aliphatic carbocycles. The Morgan fingerprint density at radius 3 is 2.65 bits per heavy atom. The van der Waals surface area contributed by atoms with Gasteiger partial charge in [0.2, 0.25) is 11.8 Å². The first kappa shape index (κ1) is 17.3. The third-order valence-electron chi connectivity index (χ3n) is 5.58. The van der Waals surface area contributed by atoms with E-state index in [1.165, 1.54) is 24.7 Å². The fourth-order valence-corrected chi connectivity index (χ4v) is 3.78. The Labute approximate surface area is 149 Å². The lowest BCUT2D eigenvalue weighted by molar-refractivity contribution is -0.191. The van der Waals surface area contributed by atoms with Gasteiger partial charge in [-0.3, -0.25) is 4.57 Å². The number of nitrogens with two attached hydrogens (primary N) is 1. The summed E-state index contributed by atoms with van der Waals surface area (Å²) in [5.74, 6) is -3.05. The zero-order chi connectivity index (χ0) is 18.7. The van der Waals surface area contributed by atoms with Gasteiger partial charge >= 0.3 is 0 Å². The van der Waals surface area contributed by atoms with Gasteiger partial charge in [-0.15, -0.1) is 0 Å². The van der Waals surface area contributed by atoms with Crippen LogP contribution in [0, 0.1) is 5.92 Å². The molecule has 0 saturated carbocycles. The number of halogens is 2. The van der Waals surface area contributed by atoms with E-state index in [4.69, 9.17) is 10.5 Å². The predicted molar refractivity (Wildman–Crippen MR) is 90.9 cm³/mol. The van der Waals surface area contributed by atoms with Crippen molar-refractivity contribution in [1.82, 2.24) is 19.5 Å². The van der Waals surface area contributed by atoms with E-state index in [2.05, 4.69) is 19.9 Å². The molecule has 26 heavy (non-hydrogen) atoms. The second-order valence-corrected chi connectivity index (χ2v) is 7.21. The van der Waals surface area contributed by atoms with E-state index in [0.717, 1.165) is 25.9 Å². The number of aromatic nitrogens is 4. The van der Waals surface area contributed by atoms with Crippen LogP contribution in [0.2, 0.25) is 0 Å². The van der Waals surface area contributed by atoms with Crippen LogP contribution in [0.5, 0.6) is 0 Å². The van der Waals surface area contributed by atoms with Crippen LogP contribution in [-0.2, 0) is 4.74 Å². The van der Waals surface area contributed by atoms with E-state index >= 15 is 4.39 Å². The Bertz CT molecular complexity index is 837. The highest BCUT2D eigenvalue weighted by molar-refractivity contribution is 5.85. The highest BCUT2D eigenvalue weighted by Crippen LogP contribution is 2.52. The van der Waals surface area contributed by atoms with Gasteiger partial charge in [-0.1, -0.05) is 6.92 Å². The van der Waals surface area contributed by atoms with E-state index in [1.807, 2.05) is 0 Å². The zero-order valence-corrected chi connectivity index (χ0v) is 14.7. The van der Waals surface area contributed by atoms with Crippen molar-refractivity contribution < 1.29 is 18.6 Å². The fourth-order valence-electron chi connectivity index (χ4n) is 3.78. The summed E-state index contributed by atoms with van der Waals surface area (Å²) in [6, 6.07) is 0. The summed E-state index contributed by atoms with van der Waals surface area (Å²) in [7, 11) is 0. The van der Waals surface area contributed by atoms with Gasteiger partial charge in [0.25, 0.3) is 0 Å². The Kier molecular flexibility index (Phi) is 3.81. The van der Waals surface area contributed by atoms with Crippen molar-refractivity contribution in [2.24, 2.45) is 5.92 Å². The van der Waals surface area contributed by atoms with Crippen molar-refractivity contribution in [2.75, 3.05) is 30.3 Å². The first-order valence-electron chi connectivity index (χ1n) is 8.69. The third-order valence-corrected chi connectivity index (χ3v) is 5.58. The molecule has 2 aromatic heterocycles. The molecule has 4 heterocycles. The van der Waals surface area contributed by atoms with Crippen LogP contribution < -0.4 is 10.6 Å². The van der Waals surface area contributed by atoms with Crippen molar-refractivity contribution >= 4 is 22.9 Å². The van der Waals surface area contributed by atoms with Crippen molar-refractivity contribution in [3.8, 4) is 0 Å². The summed E-state index contributed by atoms with van der Waals surface area (Å²) < 4.78 is 36.7. The standard InChI is InChI=1S/C16H22F2N6O2/c1-9-15(2,17)13(26-16(9,18)7-25)24-8-20-10-11(23-5-3-4-6-23)21-14(19)22-12(10)24/h8-9,13,25H,3-7H2,1-2H3,(H2,19,21,22)/t9-,13+,15+,16+/m0/s1. The van der Waals surface area contributed by atoms with E-state index in [-0.39, 0.29) is 11.6 Å². The second kappa shape index (κ2) is 5.71. The molecule has 0 aromatic carbocycles. The maximum absolute atomic E-state index is 15.3. The molecule has 2 saturated heterocycles. The molecular weight excluding hydrogens is 346 g/mol. The Balaban J connectivity index is 1.83. The van der Waals surface area contributed by atoms with E-state index in [1.54, 1.807) is 0 Å². The average molecular weight is 368 g/mol. The maximum Gasteiger partial charge on any atom is 0.240 e. The van der Waals surface area contributed by atoms with Crippen LogP contribution in [0.15, 0.2) is 6.33 Å². The molecule has 8 nitrogen and oxygen atoms in total. The minimum atomic E-state index is -2.49. The topological polar surface area (TPSA) is 102 Å². The van der Waals surface area contributed by atoms with Gasteiger partial charge in [-0.2, -0.15) is 9.97 Å². The molecule has 4 rings (SSSR count). The number of rotatable bonds is 3. The number of nitrogens with zero attached hydrogens (tertiary/aromatic N) is 5. The molecule has 0 radical (unpaired) electrons. The highest BCUT2D eigenvalue weighted by Gasteiger charge is 2.62. The van der Waals surface area contributed by atoms with Crippen molar-refractivity contribution in [3.05, 3.63) is 6.33 Å². The van der Waals surface area contributed by atoms with Crippen LogP contribution in [0.4, 0.5) is 20.5 Å². The molecule has 2 aromatic rings. The van der Waals surface area contributed by atoms with Gasteiger partial charge in [0, 0.05) is 13.1 Å². The number of aliphatic hydroxyl groups excluding tert-OH is 1. The molecule has 2 fully saturated rings. The van der Waals surface area contributed by atoms with Crippen LogP contribution in [-0.4, -0.2) is 55.8 Å². The Morgan fingerprint density at radius 1 is 1.35 bits per heavy atom. The van der Waals surface area contributed by atoms with Gasteiger partial charge in [0.05, 0.1) is 12.2 Å². The van der Waals surface area contributed by atoms with Crippen LogP contribution >= 0.6 is 0 Å². The molecule has 10 heteroatoms. The van der Waals surface area contributed by atoms with E-state index in [0.29, 0.717) is 11.3 Å². The molecule has 3 N–H and O–H groups in total. The number of hydrogen-bond acceptors (Lipinski definition) is 7. The average Bonchev–Trinajstić information content (AvgIpc) is 3.30. The lowest BCUT2D eigenvalue weighted by atomic mass is 9.88. The van der Waals surface area contributed by atoms with Gasteiger partial charge in [-0.05, 0) is 19.8 Å². The van der Waals surface area contributed by atoms with Gasteiger partial charge in [0.1, 0.15) is 6.61 Å². The Hall–Kier alpha value is -2.07. The summed E-state index contributed by atoms with van der Waals surface area (Å²) in [5, 5.41) is 9.34. The number of aliphatic hydroxyl groups is 1. The van der Waals surface area contributed by atoms with Crippen LogP contribution in [0.25, 0.3) is 11.2 Å². The molecule has 2 aliphatic heterocycles. The molecule has 0 amide bonds. The van der Waals surface area contributed by atoms with Crippen molar-refractivity contribution in [1.29, 1.82) is 0 Å². The highest BCUT2D eigenvalue weighted by atomic mass is 19.2. The number of ether oxygens (including phenoxy) is 1. The lowest BCUT2D eigenvalue weighted by Crippen LogP contribution is -2.39. The summed E-state index contributed by atoms with van der Waals surface area (Å²) in [5.41, 5.74) is 4.52. The summed E-state index contributed by atoms with van der Waals surface area (Å²) >= 11 is 0. The third kappa shape index (κ3) is 2.35. The number of alkyl halides is 2. The van der Waals surface area contributed by atoms with Gasteiger partial charge < -0.3 is 20.5 Å². The smallest absolute Gasteiger partial charge is 0.240 e. The second-order valence-electron chi connectivity index (χ2n) is 7.21. The van der Waals surface area contributed by atoms with Crippen molar-refractivity contribution in [2.45, 2.75) is 44.4 Å². The summed E-state index contributed by atoms with van der Waals surface area (Å²) in [6.45, 7) is 3.33. The Morgan fingerprint density at radius 2 is 2.04 bits per heavy atom. The molecule has 4 atom stereocenters. The number of fused-ring (bicyclic) bond motifs is 1. The summed E-state index contributed by atoms with van der Waals surface area (Å²) in [6.07, 6.45) is 2.11. The molecular formula is C16H22F2N6O2. The monoisotopic (exact) mass is 368 g/mol. The fraction of sp³-hybridized carbons (Fsp3) is 0.688. The van der Waals surface area contributed by atoms with E-state index < -0.39 is 30.3 Å². The number of nitrogen functional groups attached to an aromatic ring is 1. The number of hydrogen-bond donors (Lipinski definition) is 2. The number of anilines is 2. The minimum Gasteiger partial charge on any atom is -0.390 e. The molecule has 0 unspecified atom stereocenters. The van der Waals surface area contributed by atoms with Gasteiger partial charge in [0.15, 0.2) is 28.9 Å². The first-order valence-corrected chi connectivity index (χ1v) is 8.69. The largest absolute Gasteiger partial charge is 0.390 e. The van der Waals surface area contributed by atoms with Crippen molar-refractivity contribution in [3.63, 3.8) is 0 Å². The first-order chi connectivity index (χ1) is 12.3. The summed E-state index contributed by atoms with van der Waals surface area (Å²) in [4.78, 5) is 14.8. The zero-order valence-electron chi connectivity index (χ0n) is 14.7. The molecule has 0 bridgehead atoms. The maximum atomic E-state index is 15.3. The van der Waals surface area contributed by atoms with E-state index in [9.17, 15) is 9.50 Å². The SMILES string of the molecule is C[C@H]1[C@@](C)(F)[C@H](n2cnc3c(N4CCCC4)nc(N)nc32)O[C@]1(F)CO. The lowest BCUT2D eigenvalue weighted by Gasteiger charge is -2.25. The molecule has 2 aliphatic rings. The normalized spacial score (nSPS) is 34.9. The van der Waals surface area contributed by atoms with Crippen LogP contribution in [0.1, 0.15) is 32.9 Å². The number of imidazole rings is 1. The minimum absolute atomic E-state index is 0.0291. The molecule has 142 valence electrons.